The van der Waals surface area contributed by atoms with Crippen LogP contribution in [0.5, 0.6) is 0 Å². The maximum absolute atomic E-state index is 12.6. The third kappa shape index (κ3) is 4.06. The van der Waals surface area contributed by atoms with Crippen molar-refractivity contribution in [2.24, 2.45) is 5.10 Å². The van der Waals surface area contributed by atoms with Gasteiger partial charge in [-0.2, -0.15) is 10.1 Å². The molecule has 0 spiro atoms. The predicted octanol–water partition coefficient (Wildman–Crippen LogP) is 4.55. The molecule has 35 heavy (non-hydrogen) atoms. The molecule has 3 aromatic carbocycles. The largest absolute Gasteiger partial charge is 0.338 e. The van der Waals surface area contributed by atoms with E-state index in [1.54, 1.807) is 6.21 Å². The summed E-state index contributed by atoms with van der Waals surface area (Å²) in [6.07, 6.45) is 3.59. The highest BCUT2D eigenvalue weighted by atomic mass is 16.1. The van der Waals surface area contributed by atoms with Gasteiger partial charge >= 0.3 is 0 Å². The van der Waals surface area contributed by atoms with Crippen LogP contribution in [0.3, 0.4) is 0 Å². The molecule has 6 aromatic rings. The van der Waals surface area contributed by atoms with Crippen molar-refractivity contribution < 1.29 is 4.79 Å². The number of anilines is 2. The molecule has 9 nitrogen and oxygen atoms in total. The average molecular weight is 461 g/mol. The molecule has 6 rings (SSSR count). The number of fused-ring (bicyclic) bond motifs is 4. The number of nitrogens with zero attached hydrogens (tertiary/aromatic N) is 5. The number of aromatic amines is 1. The average Bonchev–Trinajstić information content (AvgIpc) is 3.42. The van der Waals surface area contributed by atoms with Gasteiger partial charge in [0.15, 0.2) is 5.65 Å². The third-order valence-corrected chi connectivity index (χ3v) is 5.68. The summed E-state index contributed by atoms with van der Waals surface area (Å²) in [5.41, 5.74) is 7.72. The minimum absolute atomic E-state index is 0.107. The van der Waals surface area contributed by atoms with Crippen LogP contribution < -0.4 is 10.7 Å². The lowest BCUT2D eigenvalue weighted by Gasteiger charge is -2.07. The summed E-state index contributed by atoms with van der Waals surface area (Å²) >= 11 is 0. The molecule has 0 aliphatic carbocycles. The monoisotopic (exact) mass is 460 g/mol. The van der Waals surface area contributed by atoms with Gasteiger partial charge in [-0.05, 0) is 24.3 Å². The van der Waals surface area contributed by atoms with Gasteiger partial charge in [0, 0.05) is 39.3 Å². The molecular formula is C26H20N8O. The Morgan fingerprint density at radius 3 is 2.60 bits per heavy atom. The Balaban J connectivity index is 1.22. The Morgan fingerprint density at radius 2 is 1.71 bits per heavy atom. The van der Waals surface area contributed by atoms with Gasteiger partial charge in [-0.1, -0.05) is 54.6 Å². The zero-order chi connectivity index (χ0) is 23.6. The summed E-state index contributed by atoms with van der Waals surface area (Å²) in [5, 5.41) is 17.6. The molecule has 0 saturated heterocycles. The topological polar surface area (TPSA) is 113 Å². The molecule has 1 amide bonds. The first-order chi connectivity index (χ1) is 17.2. The fraction of sp³-hybridized carbons (Fsp3) is 0.0385. The number of amides is 1. The Bertz CT molecular complexity index is 1700. The minimum atomic E-state index is -0.107. The van der Waals surface area contributed by atoms with E-state index in [1.165, 1.54) is 0 Å². The predicted molar refractivity (Wildman–Crippen MR) is 137 cm³/mol. The van der Waals surface area contributed by atoms with Crippen LogP contribution >= 0.6 is 0 Å². The number of benzene rings is 3. The van der Waals surface area contributed by atoms with Crippen LogP contribution in [0, 0.1) is 0 Å². The second-order valence-corrected chi connectivity index (χ2v) is 8.02. The summed E-state index contributed by atoms with van der Waals surface area (Å²) < 4.78 is 1.91. The number of aromatic nitrogens is 5. The summed E-state index contributed by atoms with van der Waals surface area (Å²) in [7, 11) is 0. The summed E-state index contributed by atoms with van der Waals surface area (Å²) in [4.78, 5) is 20.3. The molecule has 3 aromatic heterocycles. The Kier molecular flexibility index (Phi) is 5.12. The molecule has 0 aliphatic heterocycles. The highest BCUT2D eigenvalue weighted by molar-refractivity contribution is 6.03. The van der Waals surface area contributed by atoms with Crippen molar-refractivity contribution in [1.29, 1.82) is 0 Å². The fourth-order valence-corrected chi connectivity index (χ4v) is 4.11. The third-order valence-electron chi connectivity index (χ3n) is 5.68. The van der Waals surface area contributed by atoms with Gasteiger partial charge in [-0.25, -0.2) is 5.43 Å². The van der Waals surface area contributed by atoms with Crippen LogP contribution in [0.1, 0.15) is 5.56 Å². The zero-order valence-corrected chi connectivity index (χ0v) is 18.5. The zero-order valence-electron chi connectivity index (χ0n) is 18.5. The van der Waals surface area contributed by atoms with Crippen molar-refractivity contribution in [2.45, 2.75) is 6.54 Å². The number of rotatable bonds is 6. The molecule has 3 heterocycles. The number of carbonyl (C=O) groups is 1. The Hall–Kier alpha value is -5.05. The lowest BCUT2D eigenvalue weighted by molar-refractivity contribution is -0.116. The molecule has 0 atom stereocenters. The van der Waals surface area contributed by atoms with Gasteiger partial charge < -0.3 is 14.9 Å². The minimum Gasteiger partial charge on any atom is -0.338 e. The van der Waals surface area contributed by atoms with E-state index in [0.717, 1.165) is 33.1 Å². The van der Waals surface area contributed by atoms with Crippen molar-refractivity contribution in [2.75, 3.05) is 10.7 Å². The molecule has 0 bridgehead atoms. The van der Waals surface area contributed by atoms with E-state index in [0.29, 0.717) is 11.2 Å². The van der Waals surface area contributed by atoms with Gasteiger partial charge in [0.2, 0.25) is 5.91 Å². The van der Waals surface area contributed by atoms with Crippen LogP contribution in [-0.4, -0.2) is 36.9 Å². The van der Waals surface area contributed by atoms with E-state index in [4.69, 9.17) is 0 Å². The van der Waals surface area contributed by atoms with Crippen molar-refractivity contribution in [1.82, 2.24) is 24.7 Å². The second-order valence-electron chi connectivity index (χ2n) is 8.02. The molecule has 0 radical (unpaired) electrons. The Morgan fingerprint density at radius 1 is 0.943 bits per heavy atom. The van der Waals surface area contributed by atoms with E-state index in [2.05, 4.69) is 36.0 Å². The molecule has 0 saturated carbocycles. The van der Waals surface area contributed by atoms with E-state index >= 15 is 0 Å². The van der Waals surface area contributed by atoms with Crippen molar-refractivity contribution >= 4 is 56.7 Å². The van der Waals surface area contributed by atoms with Crippen molar-refractivity contribution in [3.63, 3.8) is 0 Å². The second kappa shape index (κ2) is 8.71. The quantitative estimate of drug-likeness (QED) is 0.249. The number of H-pyrrole nitrogens is 1. The van der Waals surface area contributed by atoms with Crippen LogP contribution in [0.15, 0.2) is 90.2 Å². The van der Waals surface area contributed by atoms with Crippen LogP contribution in [-0.2, 0) is 11.3 Å². The Labute approximate surface area is 199 Å². The summed E-state index contributed by atoms with van der Waals surface area (Å²) in [5.74, 6) is 0.177. The number of para-hydroxylation sites is 3. The van der Waals surface area contributed by atoms with Gasteiger partial charge in [-0.3, -0.25) is 4.79 Å². The molecular weight excluding hydrogens is 440 g/mol. The van der Waals surface area contributed by atoms with Crippen molar-refractivity contribution in [3.05, 3.63) is 90.6 Å². The van der Waals surface area contributed by atoms with Gasteiger partial charge in [0.25, 0.3) is 5.95 Å². The van der Waals surface area contributed by atoms with E-state index < -0.39 is 0 Å². The van der Waals surface area contributed by atoms with Crippen LogP contribution in [0.4, 0.5) is 11.6 Å². The summed E-state index contributed by atoms with van der Waals surface area (Å²) in [6.45, 7) is 0.181. The molecule has 0 fully saturated rings. The highest BCUT2D eigenvalue weighted by Crippen LogP contribution is 2.22. The first kappa shape index (κ1) is 20.5. The van der Waals surface area contributed by atoms with Crippen LogP contribution in [0.2, 0.25) is 0 Å². The van der Waals surface area contributed by atoms with Gasteiger partial charge in [0.05, 0.1) is 6.21 Å². The standard InChI is InChI=1S/C26H20N8O/c35-23(28-18-8-2-1-3-9-18)16-34-15-17(19-10-5-7-13-22(19)34)14-27-32-26-30-25-24(31-33-26)20-11-4-6-12-21(20)29-25/h1-15H,16H2,(H,28,35)(H2,29,30,32,33)/b27-14-. The SMILES string of the molecule is O=C(Cn1cc(/C=N\Nc2nnc3c(n2)[nH]c2ccccc23)c2ccccc21)Nc1ccccc1. The lowest BCUT2D eigenvalue weighted by Crippen LogP contribution is -2.18. The molecule has 0 unspecified atom stereocenters. The summed E-state index contributed by atoms with van der Waals surface area (Å²) in [6, 6.07) is 25.1. The van der Waals surface area contributed by atoms with Crippen molar-refractivity contribution in [3.8, 4) is 0 Å². The number of carbonyl (C=O) groups excluding carboxylic acids is 1. The molecule has 3 N–H and O–H groups in total. The maximum atomic E-state index is 12.6. The number of hydrogen-bond acceptors (Lipinski definition) is 6. The highest BCUT2D eigenvalue weighted by Gasteiger charge is 2.11. The molecule has 0 aliphatic rings. The molecule has 170 valence electrons. The van der Waals surface area contributed by atoms with E-state index in [1.807, 2.05) is 89.6 Å². The maximum Gasteiger partial charge on any atom is 0.265 e. The van der Waals surface area contributed by atoms with Gasteiger partial charge in [-0.15, -0.1) is 10.2 Å². The first-order valence-electron chi connectivity index (χ1n) is 11.1. The number of hydrogen-bond donors (Lipinski definition) is 3. The fourth-order valence-electron chi connectivity index (χ4n) is 4.11. The van der Waals surface area contributed by atoms with Crippen LogP contribution in [0.25, 0.3) is 33.0 Å². The van der Waals surface area contributed by atoms with E-state index in [-0.39, 0.29) is 18.4 Å². The number of hydrazone groups is 1. The lowest BCUT2D eigenvalue weighted by atomic mass is 10.2. The van der Waals surface area contributed by atoms with Gasteiger partial charge in [0.1, 0.15) is 12.1 Å². The normalized spacial score (nSPS) is 11.5. The van der Waals surface area contributed by atoms with E-state index in [9.17, 15) is 4.79 Å². The number of nitrogens with one attached hydrogen (secondary N) is 3. The smallest absolute Gasteiger partial charge is 0.265 e. The first-order valence-corrected chi connectivity index (χ1v) is 11.1. The molecule has 9 heteroatoms.